The fourth-order valence-corrected chi connectivity index (χ4v) is 4.71. The lowest BCUT2D eigenvalue weighted by atomic mass is 10.2. The predicted molar refractivity (Wildman–Crippen MR) is 116 cm³/mol. The van der Waals surface area contributed by atoms with Crippen molar-refractivity contribution < 1.29 is 14.3 Å². The molecule has 0 atom stereocenters. The summed E-state index contributed by atoms with van der Waals surface area (Å²) in [5.74, 6) is 1.18. The number of carbonyl (C=O) groups excluding carboxylic acids is 1. The van der Waals surface area contributed by atoms with Crippen LogP contribution < -0.4 is 14.8 Å². The van der Waals surface area contributed by atoms with E-state index in [0.29, 0.717) is 11.4 Å². The molecule has 1 N–H and O–H groups in total. The van der Waals surface area contributed by atoms with Crippen molar-refractivity contribution in [3.63, 3.8) is 0 Å². The number of thioether (sulfide) groups is 1. The number of anilines is 1. The Morgan fingerprint density at radius 2 is 1.90 bits per heavy atom. The van der Waals surface area contributed by atoms with Crippen LogP contribution in [0.2, 0.25) is 0 Å². The van der Waals surface area contributed by atoms with E-state index in [1.807, 2.05) is 42.6 Å². The smallest absolute Gasteiger partial charge is 0.251 e. The van der Waals surface area contributed by atoms with E-state index in [-0.39, 0.29) is 11.7 Å². The van der Waals surface area contributed by atoms with Crippen molar-refractivity contribution in [2.75, 3.05) is 11.1 Å². The van der Waals surface area contributed by atoms with Crippen molar-refractivity contribution in [1.29, 1.82) is 0 Å². The van der Waals surface area contributed by atoms with Crippen LogP contribution in [0, 0.1) is 0 Å². The minimum atomic E-state index is -0.489. The molecule has 1 saturated carbocycles. The molecule has 7 heteroatoms. The van der Waals surface area contributed by atoms with Crippen molar-refractivity contribution in [2.45, 2.75) is 43.2 Å². The highest BCUT2D eigenvalue weighted by molar-refractivity contribution is 7.99. The number of amides is 1. The molecule has 1 amide bonds. The Hall–Kier alpha value is -2.93. The number of imidazole rings is 1. The van der Waals surface area contributed by atoms with Gasteiger partial charge in [0.1, 0.15) is 0 Å². The molecule has 3 aromatic rings. The molecule has 30 heavy (non-hydrogen) atoms. The van der Waals surface area contributed by atoms with Crippen LogP contribution in [0.25, 0.3) is 0 Å². The van der Waals surface area contributed by atoms with E-state index in [2.05, 4.69) is 27.0 Å². The third-order valence-electron chi connectivity index (χ3n) is 5.39. The lowest BCUT2D eigenvalue weighted by molar-refractivity contribution is -0.113. The molecule has 1 aliphatic carbocycles. The van der Waals surface area contributed by atoms with Crippen LogP contribution >= 0.6 is 11.8 Å². The molecule has 1 fully saturated rings. The van der Waals surface area contributed by atoms with Crippen molar-refractivity contribution in [1.82, 2.24) is 9.55 Å². The van der Waals surface area contributed by atoms with Gasteiger partial charge in [0.25, 0.3) is 5.79 Å². The van der Waals surface area contributed by atoms with E-state index in [1.54, 1.807) is 6.20 Å². The summed E-state index contributed by atoms with van der Waals surface area (Å²) in [6.45, 7) is 0.731. The van der Waals surface area contributed by atoms with Gasteiger partial charge in [-0.2, -0.15) is 0 Å². The summed E-state index contributed by atoms with van der Waals surface area (Å²) in [5.41, 5.74) is 1.91. The molecule has 0 saturated heterocycles. The van der Waals surface area contributed by atoms with Crippen LogP contribution in [0.15, 0.2) is 66.1 Å². The third kappa shape index (κ3) is 4.03. The van der Waals surface area contributed by atoms with Gasteiger partial charge in [0.15, 0.2) is 16.7 Å². The van der Waals surface area contributed by atoms with Crippen LogP contribution in [-0.4, -0.2) is 27.0 Å². The van der Waals surface area contributed by atoms with Crippen LogP contribution in [0.3, 0.4) is 0 Å². The second-order valence-corrected chi connectivity index (χ2v) is 8.59. The van der Waals surface area contributed by atoms with E-state index in [0.717, 1.165) is 43.1 Å². The zero-order chi connectivity index (χ0) is 20.4. The first-order valence-corrected chi connectivity index (χ1v) is 11.2. The molecule has 0 unspecified atom stereocenters. The maximum absolute atomic E-state index is 12.5. The normalized spacial score (nSPS) is 16.1. The highest BCUT2D eigenvalue weighted by Crippen LogP contribution is 2.47. The van der Waals surface area contributed by atoms with Crippen molar-refractivity contribution in [3.8, 4) is 11.5 Å². The van der Waals surface area contributed by atoms with Crippen molar-refractivity contribution in [2.24, 2.45) is 0 Å². The maximum atomic E-state index is 12.5. The topological polar surface area (TPSA) is 65.4 Å². The monoisotopic (exact) mass is 421 g/mol. The van der Waals surface area contributed by atoms with Gasteiger partial charge in [-0.25, -0.2) is 4.98 Å². The van der Waals surface area contributed by atoms with Crippen molar-refractivity contribution in [3.05, 3.63) is 66.5 Å². The first kappa shape index (κ1) is 19.1. The Bertz CT molecular complexity index is 1040. The number of ether oxygens (including phenoxy) is 2. The van der Waals surface area contributed by atoms with Gasteiger partial charge < -0.3 is 19.4 Å². The number of nitrogens with zero attached hydrogens (tertiary/aromatic N) is 2. The summed E-state index contributed by atoms with van der Waals surface area (Å²) in [7, 11) is 0. The standard InChI is InChI=1S/C23H23N3O3S/c27-21(16-30-22-24-12-13-26(22)15-17-6-2-1-3-7-17)25-18-8-9-19-20(14-18)29-23(28-19)10-4-5-11-23/h1-3,6-9,12-14H,4-5,10-11,15-16H2,(H,25,27). The molecule has 1 spiro atoms. The zero-order valence-electron chi connectivity index (χ0n) is 16.5. The third-order valence-corrected chi connectivity index (χ3v) is 6.39. The van der Waals surface area contributed by atoms with Gasteiger partial charge in [0.05, 0.1) is 5.75 Å². The van der Waals surface area contributed by atoms with Crippen LogP contribution in [-0.2, 0) is 11.3 Å². The first-order chi connectivity index (χ1) is 14.7. The van der Waals surface area contributed by atoms with Crippen LogP contribution in [0.1, 0.15) is 31.2 Å². The van der Waals surface area contributed by atoms with Gasteiger partial charge >= 0.3 is 0 Å². The maximum Gasteiger partial charge on any atom is 0.251 e. The van der Waals surface area contributed by atoms with Gasteiger partial charge in [0, 0.05) is 43.5 Å². The van der Waals surface area contributed by atoms with E-state index >= 15 is 0 Å². The van der Waals surface area contributed by atoms with Gasteiger partial charge in [0.2, 0.25) is 5.91 Å². The number of hydrogen-bond acceptors (Lipinski definition) is 5. The van der Waals surface area contributed by atoms with E-state index in [9.17, 15) is 4.79 Å². The number of nitrogens with one attached hydrogen (secondary N) is 1. The Kier molecular flexibility index (Phi) is 5.12. The van der Waals surface area contributed by atoms with Gasteiger partial charge in [-0.1, -0.05) is 42.1 Å². The summed E-state index contributed by atoms with van der Waals surface area (Å²) in [6, 6.07) is 15.8. The number of rotatable bonds is 6. The number of benzene rings is 2. The second kappa shape index (κ2) is 8.07. The highest BCUT2D eigenvalue weighted by atomic mass is 32.2. The van der Waals surface area contributed by atoms with E-state index in [4.69, 9.17) is 9.47 Å². The fraction of sp³-hybridized carbons (Fsp3) is 0.304. The lowest BCUT2D eigenvalue weighted by Gasteiger charge is -2.21. The average Bonchev–Trinajstić information content (AvgIpc) is 3.47. The lowest BCUT2D eigenvalue weighted by Crippen LogP contribution is -2.34. The largest absolute Gasteiger partial charge is 0.448 e. The fourth-order valence-electron chi connectivity index (χ4n) is 3.95. The molecular weight excluding hydrogens is 398 g/mol. The molecule has 0 bridgehead atoms. The summed E-state index contributed by atoms with van der Waals surface area (Å²) in [6.07, 6.45) is 7.76. The molecule has 1 aromatic heterocycles. The number of hydrogen-bond donors (Lipinski definition) is 1. The van der Waals surface area contributed by atoms with Gasteiger partial charge in [-0.15, -0.1) is 0 Å². The molecule has 2 aliphatic rings. The minimum Gasteiger partial charge on any atom is -0.448 e. The zero-order valence-corrected chi connectivity index (χ0v) is 17.4. The number of aromatic nitrogens is 2. The molecule has 2 aromatic carbocycles. The molecular formula is C23H23N3O3S. The van der Waals surface area contributed by atoms with Crippen LogP contribution in [0.4, 0.5) is 5.69 Å². The quantitative estimate of drug-likeness (QED) is 0.584. The Morgan fingerprint density at radius 3 is 2.73 bits per heavy atom. The molecule has 5 rings (SSSR count). The average molecular weight is 422 g/mol. The summed E-state index contributed by atoms with van der Waals surface area (Å²) in [4.78, 5) is 16.9. The SMILES string of the molecule is O=C(CSc1nccn1Cc1ccccc1)Nc1ccc2c(c1)OC1(CCCC1)O2. The van der Waals surface area contributed by atoms with Gasteiger partial charge in [-0.3, -0.25) is 4.79 Å². The second-order valence-electron chi connectivity index (χ2n) is 7.64. The number of carbonyl (C=O) groups is 1. The Morgan fingerprint density at radius 1 is 1.10 bits per heavy atom. The van der Waals surface area contributed by atoms with E-state index in [1.165, 1.54) is 17.3 Å². The molecule has 2 heterocycles. The summed E-state index contributed by atoms with van der Waals surface area (Å²) >= 11 is 1.42. The molecule has 6 nitrogen and oxygen atoms in total. The minimum absolute atomic E-state index is 0.0799. The van der Waals surface area contributed by atoms with Crippen LogP contribution in [0.5, 0.6) is 11.5 Å². The number of fused-ring (bicyclic) bond motifs is 1. The predicted octanol–water partition coefficient (Wildman–Crippen LogP) is 4.70. The Balaban J connectivity index is 1.18. The molecule has 154 valence electrons. The summed E-state index contributed by atoms with van der Waals surface area (Å²) < 4.78 is 14.2. The first-order valence-electron chi connectivity index (χ1n) is 10.2. The molecule has 1 aliphatic heterocycles. The van der Waals surface area contributed by atoms with Crippen molar-refractivity contribution >= 4 is 23.4 Å². The van der Waals surface area contributed by atoms with Gasteiger partial charge in [-0.05, 0) is 30.5 Å². The highest BCUT2D eigenvalue weighted by Gasteiger charge is 2.44. The summed E-state index contributed by atoms with van der Waals surface area (Å²) in [5, 5.41) is 3.77. The molecule has 0 radical (unpaired) electrons. The Labute approximate surface area is 179 Å². The van der Waals surface area contributed by atoms with E-state index < -0.39 is 5.79 Å².